The number of thioether (sulfide) groups is 1. The first-order valence-corrected chi connectivity index (χ1v) is 6.43. The zero-order chi connectivity index (χ0) is 11.3. The van der Waals surface area contributed by atoms with Crippen molar-refractivity contribution in [3.8, 4) is 0 Å². The Morgan fingerprint density at radius 3 is 2.87 bits per heavy atom. The van der Waals surface area contributed by atoms with Gasteiger partial charge in [-0.2, -0.15) is 11.8 Å². The Balaban J connectivity index is 2.48. The lowest BCUT2D eigenvalue weighted by molar-refractivity contribution is -0.148. The maximum atomic E-state index is 11.6. The molecule has 0 aromatic rings. The minimum absolute atomic E-state index is 0.121. The van der Waals surface area contributed by atoms with E-state index in [-0.39, 0.29) is 17.8 Å². The Morgan fingerprint density at radius 2 is 2.27 bits per heavy atom. The molecule has 1 amide bonds. The van der Waals surface area contributed by atoms with Crippen LogP contribution in [0.25, 0.3) is 0 Å². The number of methoxy groups -OCH3 is 1. The summed E-state index contributed by atoms with van der Waals surface area (Å²) in [6, 6.07) is 0. The summed E-state index contributed by atoms with van der Waals surface area (Å²) >= 11 is 1.51. The number of nitrogens with zero attached hydrogens (tertiary/aromatic N) is 1. The van der Waals surface area contributed by atoms with Gasteiger partial charge in [0.2, 0.25) is 5.91 Å². The van der Waals surface area contributed by atoms with Crippen molar-refractivity contribution in [2.45, 2.75) is 12.8 Å². The van der Waals surface area contributed by atoms with Gasteiger partial charge in [-0.25, -0.2) is 0 Å². The molecule has 1 aliphatic rings. The van der Waals surface area contributed by atoms with Crippen molar-refractivity contribution in [3.05, 3.63) is 0 Å². The van der Waals surface area contributed by atoms with Crippen LogP contribution in [0.5, 0.6) is 0 Å². The molecule has 0 aromatic carbocycles. The minimum Gasteiger partial charge on any atom is -0.469 e. The fourth-order valence-electron chi connectivity index (χ4n) is 1.78. The molecule has 1 atom stereocenters. The Bertz CT molecular complexity index is 245. The van der Waals surface area contributed by atoms with Gasteiger partial charge in [0.25, 0.3) is 0 Å². The Labute approximate surface area is 94.3 Å². The van der Waals surface area contributed by atoms with E-state index >= 15 is 0 Å². The molecule has 0 aliphatic carbocycles. The van der Waals surface area contributed by atoms with Gasteiger partial charge in [0.05, 0.1) is 18.8 Å². The van der Waals surface area contributed by atoms with Gasteiger partial charge < -0.3 is 9.64 Å². The first kappa shape index (κ1) is 12.4. The van der Waals surface area contributed by atoms with Gasteiger partial charge in [0.15, 0.2) is 0 Å². The van der Waals surface area contributed by atoms with Gasteiger partial charge >= 0.3 is 5.97 Å². The molecule has 86 valence electrons. The number of carbonyl (C=O) groups excluding carboxylic acids is 2. The summed E-state index contributed by atoms with van der Waals surface area (Å²) in [7, 11) is 1.39. The van der Waals surface area contributed by atoms with Crippen molar-refractivity contribution in [2.75, 3.05) is 32.2 Å². The quantitative estimate of drug-likeness (QED) is 0.673. The van der Waals surface area contributed by atoms with Crippen molar-refractivity contribution in [2.24, 2.45) is 5.92 Å². The van der Waals surface area contributed by atoms with Gasteiger partial charge in [0.1, 0.15) is 0 Å². The lowest BCUT2D eigenvalue weighted by Crippen LogP contribution is -2.43. The normalized spacial score (nSPS) is 21.2. The highest BCUT2D eigenvalue weighted by molar-refractivity contribution is 7.99. The zero-order valence-corrected chi connectivity index (χ0v) is 10.0. The SMILES string of the molecule is COC(=O)C1CCCN(C(=O)CSC)C1. The third-order valence-corrected chi connectivity index (χ3v) is 3.11. The smallest absolute Gasteiger partial charge is 0.310 e. The molecule has 5 heteroatoms. The third kappa shape index (κ3) is 3.41. The molecule has 0 N–H and O–H groups in total. The van der Waals surface area contributed by atoms with Crippen LogP contribution in [0.3, 0.4) is 0 Å². The van der Waals surface area contributed by atoms with Crippen LogP contribution in [0.2, 0.25) is 0 Å². The van der Waals surface area contributed by atoms with E-state index in [4.69, 9.17) is 4.74 Å². The number of ether oxygens (including phenoxy) is 1. The second kappa shape index (κ2) is 6.00. The van der Waals surface area contributed by atoms with Crippen LogP contribution in [0.4, 0.5) is 0 Å². The number of hydrogen-bond donors (Lipinski definition) is 0. The summed E-state index contributed by atoms with van der Waals surface area (Å²) in [4.78, 5) is 24.7. The van der Waals surface area contributed by atoms with E-state index in [1.807, 2.05) is 6.26 Å². The number of hydrogen-bond acceptors (Lipinski definition) is 4. The van der Waals surface area contributed by atoms with Crippen LogP contribution in [0, 0.1) is 5.92 Å². The van der Waals surface area contributed by atoms with Crippen LogP contribution in [-0.2, 0) is 14.3 Å². The average molecular weight is 231 g/mol. The molecular formula is C10H17NO3S. The molecule has 1 saturated heterocycles. The molecule has 0 bridgehead atoms. The summed E-state index contributed by atoms with van der Waals surface area (Å²) in [6.07, 6.45) is 3.62. The molecular weight excluding hydrogens is 214 g/mol. The topological polar surface area (TPSA) is 46.6 Å². The average Bonchev–Trinajstić information content (AvgIpc) is 2.28. The standard InChI is InChI=1S/C10H17NO3S/c1-14-10(13)8-4-3-5-11(6-8)9(12)7-15-2/h8H,3-7H2,1-2H3. The largest absolute Gasteiger partial charge is 0.469 e. The number of esters is 1. The molecule has 1 aliphatic heterocycles. The summed E-state index contributed by atoms with van der Waals surface area (Å²) in [5.74, 6) is 0.288. The summed E-state index contributed by atoms with van der Waals surface area (Å²) in [6.45, 7) is 1.29. The molecule has 15 heavy (non-hydrogen) atoms. The van der Waals surface area contributed by atoms with E-state index in [1.54, 1.807) is 4.90 Å². The van der Waals surface area contributed by atoms with Crippen molar-refractivity contribution in [3.63, 3.8) is 0 Å². The van der Waals surface area contributed by atoms with E-state index in [9.17, 15) is 9.59 Å². The van der Waals surface area contributed by atoms with Gasteiger partial charge in [-0.3, -0.25) is 9.59 Å². The lowest BCUT2D eigenvalue weighted by atomic mass is 9.98. The highest BCUT2D eigenvalue weighted by Crippen LogP contribution is 2.18. The minimum atomic E-state index is -0.198. The lowest BCUT2D eigenvalue weighted by Gasteiger charge is -2.31. The Hall–Kier alpha value is -0.710. The molecule has 0 saturated carbocycles. The van der Waals surface area contributed by atoms with Gasteiger partial charge in [-0.1, -0.05) is 0 Å². The predicted octanol–water partition coefficient (Wildman–Crippen LogP) is 0.761. The maximum Gasteiger partial charge on any atom is 0.310 e. The van der Waals surface area contributed by atoms with Gasteiger partial charge in [-0.15, -0.1) is 0 Å². The molecule has 0 radical (unpaired) electrons. The van der Waals surface area contributed by atoms with Crippen LogP contribution >= 0.6 is 11.8 Å². The summed E-state index contributed by atoms with van der Waals surface area (Å²) < 4.78 is 4.70. The second-order valence-corrected chi connectivity index (χ2v) is 4.50. The first-order chi connectivity index (χ1) is 7.19. The van der Waals surface area contributed by atoms with Crippen molar-refractivity contribution in [1.29, 1.82) is 0 Å². The first-order valence-electron chi connectivity index (χ1n) is 5.03. The van der Waals surface area contributed by atoms with Crippen LogP contribution in [-0.4, -0.2) is 49.0 Å². The number of carbonyl (C=O) groups is 2. The fourth-order valence-corrected chi connectivity index (χ4v) is 2.21. The molecule has 1 rings (SSSR count). The van der Waals surface area contributed by atoms with Crippen molar-refractivity contribution in [1.82, 2.24) is 4.90 Å². The van der Waals surface area contributed by atoms with E-state index in [0.717, 1.165) is 19.4 Å². The Kier molecular flexibility index (Phi) is 4.94. The van der Waals surface area contributed by atoms with Crippen LogP contribution in [0.15, 0.2) is 0 Å². The highest BCUT2D eigenvalue weighted by atomic mass is 32.2. The molecule has 1 unspecified atom stereocenters. The Morgan fingerprint density at radius 1 is 1.53 bits per heavy atom. The number of piperidine rings is 1. The van der Waals surface area contributed by atoms with Crippen molar-refractivity contribution < 1.29 is 14.3 Å². The monoisotopic (exact) mass is 231 g/mol. The second-order valence-electron chi connectivity index (χ2n) is 3.64. The summed E-state index contributed by atoms with van der Waals surface area (Å²) in [5, 5.41) is 0. The molecule has 0 spiro atoms. The van der Waals surface area contributed by atoms with Crippen molar-refractivity contribution >= 4 is 23.6 Å². The highest BCUT2D eigenvalue weighted by Gasteiger charge is 2.28. The molecule has 1 heterocycles. The van der Waals surface area contributed by atoms with Gasteiger partial charge in [0, 0.05) is 13.1 Å². The van der Waals surface area contributed by atoms with Crippen LogP contribution in [0.1, 0.15) is 12.8 Å². The summed E-state index contributed by atoms with van der Waals surface area (Å²) in [5.41, 5.74) is 0. The molecule has 0 aromatic heterocycles. The predicted molar refractivity (Wildman–Crippen MR) is 59.7 cm³/mol. The number of amides is 1. The van der Waals surface area contributed by atoms with E-state index < -0.39 is 0 Å². The van der Waals surface area contributed by atoms with E-state index in [0.29, 0.717) is 12.3 Å². The van der Waals surface area contributed by atoms with E-state index in [2.05, 4.69) is 0 Å². The third-order valence-electron chi connectivity index (χ3n) is 2.58. The van der Waals surface area contributed by atoms with E-state index in [1.165, 1.54) is 18.9 Å². The maximum absolute atomic E-state index is 11.6. The number of rotatable bonds is 3. The molecule has 4 nitrogen and oxygen atoms in total. The molecule has 1 fully saturated rings. The van der Waals surface area contributed by atoms with Crippen LogP contribution < -0.4 is 0 Å². The fraction of sp³-hybridized carbons (Fsp3) is 0.800. The zero-order valence-electron chi connectivity index (χ0n) is 9.19. The number of likely N-dealkylation sites (tertiary alicyclic amines) is 1. The van der Waals surface area contributed by atoms with Gasteiger partial charge in [-0.05, 0) is 19.1 Å².